The number of ether oxygens (including phenoxy) is 2. The molecule has 5 heteroatoms. The Balaban J connectivity index is 3.97. The predicted molar refractivity (Wildman–Crippen MR) is 28.7 cm³/mol. The van der Waals surface area contributed by atoms with E-state index in [4.69, 9.17) is 0 Å². The summed E-state index contributed by atoms with van der Waals surface area (Å²) in [6, 6.07) is 0. The lowest BCUT2D eigenvalue weighted by atomic mass is 10.3. The van der Waals surface area contributed by atoms with Crippen LogP contribution in [0.3, 0.4) is 0 Å². The van der Waals surface area contributed by atoms with Crippen molar-refractivity contribution in [3.63, 3.8) is 0 Å². The van der Waals surface area contributed by atoms with Gasteiger partial charge in [0.2, 0.25) is 6.29 Å². The highest BCUT2D eigenvalue weighted by Gasteiger charge is 2.40. The zero-order valence-electron chi connectivity index (χ0n) is 5.73. The maximum absolute atomic E-state index is 12.2. The van der Waals surface area contributed by atoms with Crippen molar-refractivity contribution in [3.05, 3.63) is 0 Å². The smallest absolute Gasteiger partial charge is 0.325 e. The normalized spacial score (nSPS) is 12.6. The zero-order chi connectivity index (χ0) is 8.20. The van der Waals surface area contributed by atoms with Crippen molar-refractivity contribution >= 4 is 0 Å². The maximum atomic E-state index is 12.2. The third-order valence-electron chi connectivity index (χ3n) is 0.951. The third-order valence-corrected chi connectivity index (χ3v) is 0.951. The monoisotopic (exact) mass is 158 g/mol. The number of methoxy groups -OCH3 is 2. The summed E-state index contributed by atoms with van der Waals surface area (Å²) in [4.78, 5) is 0. The first kappa shape index (κ1) is 9.71. The molecule has 0 heterocycles. The summed E-state index contributed by atoms with van der Waals surface area (Å²) >= 11 is 0. The Hall–Kier alpha value is -0.290. The molecule has 0 fully saturated rings. The Morgan fingerprint density at radius 3 is 1.80 bits per heavy atom. The van der Waals surface area contributed by atoms with Gasteiger partial charge in [-0.15, -0.1) is 0 Å². The molecule has 0 unspecified atom stereocenters. The molecule has 0 bridgehead atoms. The van der Waals surface area contributed by atoms with E-state index in [1.807, 2.05) is 0 Å². The van der Waals surface area contributed by atoms with E-state index in [1.54, 1.807) is 0 Å². The fraction of sp³-hybridized carbons (Fsp3) is 1.00. The van der Waals surface area contributed by atoms with Crippen LogP contribution in [0.4, 0.5) is 13.2 Å². The number of alkyl halides is 3. The lowest BCUT2D eigenvalue weighted by Crippen LogP contribution is -2.38. The molecule has 62 valence electrons. The fourth-order valence-corrected chi connectivity index (χ4v) is 0.504. The molecule has 0 aliphatic rings. The van der Waals surface area contributed by atoms with Gasteiger partial charge in [0.05, 0.1) is 0 Å². The van der Waals surface area contributed by atoms with Crippen LogP contribution in [-0.4, -0.2) is 33.1 Å². The van der Waals surface area contributed by atoms with Gasteiger partial charge >= 0.3 is 5.92 Å². The Kier molecular flexibility index (Phi) is 3.67. The number of halogens is 3. The zero-order valence-corrected chi connectivity index (χ0v) is 5.73. The Labute approximate surface area is 56.9 Å². The summed E-state index contributed by atoms with van der Waals surface area (Å²) < 4.78 is 44.2. The van der Waals surface area contributed by atoms with Crippen LogP contribution in [0.15, 0.2) is 0 Å². The molecule has 0 amide bonds. The van der Waals surface area contributed by atoms with Crippen LogP contribution in [0.1, 0.15) is 0 Å². The highest BCUT2D eigenvalue weighted by Crippen LogP contribution is 2.21. The van der Waals surface area contributed by atoms with Crippen LogP contribution >= 0.6 is 0 Å². The molecule has 0 aromatic rings. The van der Waals surface area contributed by atoms with Crippen molar-refractivity contribution in [2.45, 2.75) is 12.2 Å². The Morgan fingerprint density at radius 1 is 1.30 bits per heavy atom. The minimum atomic E-state index is -3.55. The molecule has 0 aliphatic carbocycles. The molecule has 0 rings (SSSR count). The molecular formula is C5H9F3O2. The first-order chi connectivity index (χ1) is 4.58. The highest BCUT2D eigenvalue weighted by atomic mass is 19.3. The molecule has 0 radical (unpaired) electrons. The number of rotatable bonds is 4. The van der Waals surface area contributed by atoms with E-state index in [-0.39, 0.29) is 0 Å². The van der Waals surface area contributed by atoms with Crippen molar-refractivity contribution in [2.75, 3.05) is 20.9 Å². The largest absolute Gasteiger partial charge is 0.351 e. The summed E-state index contributed by atoms with van der Waals surface area (Å²) in [7, 11) is 2.05. The standard InChI is InChI=1S/C5H9F3O2/c1-9-4(10-2)5(7,8)3-6/h4H,3H2,1-2H3. The van der Waals surface area contributed by atoms with Gasteiger partial charge in [0.25, 0.3) is 0 Å². The molecule has 0 N–H and O–H groups in total. The average Bonchev–Trinajstić information content (AvgIpc) is 1.90. The topological polar surface area (TPSA) is 18.5 Å². The molecule has 0 saturated carbocycles. The van der Waals surface area contributed by atoms with E-state index in [0.29, 0.717) is 0 Å². The van der Waals surface area contributed by atoms with Gasteiger partial charge in [-0.3, -0.25) is 0 Å². The summed E-state index contributed by atoms with van der Waals surface area (Å²) in [5.41, 5.74) is 0. The van der Waals surface area contributed by atoms with Crippen LogP contribution in [0, 0.1) is 0 Å². The van der Waals surface area contributed by atoms with Crippen LogP contribution in [0.25, 0.3) is 0 Å². The molecule has 10 heavy (non-hydrogen) atoms. The fourth-order valence-electron chi connectivity index (χ4n) is 0.504. The lowest BCUT2D eigenvalue weighted by Gasteiger charge is -2.20. The van der Waals surface area contributed by atoms with E-state index in [2.05, 4.69) is 9.47 Å². The molecule has 0 aromatic heterocycles. The Morgan fingerprint density at radius 2 is 1.70 bits per heavy atom. The quantitative estimate of drug-likeness (QED) is 0.572. The van der Waals surface area contributed by atoms with Gasteiger partial charge in [-0.1, -0.05) is 0 Å². The third kappa shape index (κ3) is 2.15. The van der Waals surface area contributed by atoms with Crippen LogP contribution < -0.4 is 0 Å². The highest BCUT2D eigenvalue weighted by molar-refractivity contribution is 4.68. The molecular weight excluding hydrogens is 149 g/mol. The second kappa shape index (κ2) is 3.78. The molecule has 0 aromatic carbocycles. The molecule has 0 spiro atoms. The predicted octanol–water partition coefficient (Wildman–Crippen LogP) is 1.21. The van der Waals surface area contributed by atoms with E-state index < -0.39 is 18.9 Å². The van der Waals surface area contributed by atoms with Gasteiger partial charge in [0, 0.05) is 14.2 Å². The van der Waals surface area contributed by atoms with Crippen molar-refractivity contribution in [1.82, 2.24) is 0 Å². The second-order valence-corrected chi connectivity index (χ2v) is 1.70. The van der Waals surface area contributed by atoms with E-state index in [0.717, 1.165) is 14.2 Å². The number of hydrogen-bond acceptors (Lipinski definition) is 2. The summed E-state index contributed by atoms with van der Waals surface area (Å²) in [6.45, 7) is -1.78. The van der Waals surface area contributed by atoms with Gasteiger partial charge in [0.1, 0.15) is 0 Å². The first-order valence-corrected chi connectivity index (χ1v) is 2.58. The van der Waals surface area contributed by atoms with Gasteiger partial charge in [-0.2, -0.15) is 8.78 Å². The van der Waals surface area contributed by atoms with E-state index >= 15 is 0 Å². The summed E-state index contributed by atoms with van der Waals surface area (Å²) in [5.74, 6) is -3.55. The molecule has 2 nitrogen and oxygen atoms in total. The van der Waals surface area contributed by atoms with Gasteiger partial charge in [-0.25, -0.2) is 4.39 Å². The minimum absolute atomic E-state index is 1.03. The molecule has 0 atom stereocenters. The van der Waals surface area contributed by atoms with Crippen LogP contribution in [-0.2, 0) is 9.47 Å². The first-order valence-electron chi connectivity index (χ1n) is 2.58. The summed E-state index contributed by atoms with van der Waals surface area (Å²) in [5, 5.41) is 0. The minimum Gasteiger partial charge on any atom is -0.351 e. The maximum Gasteiger partial charge on any atom is 0.325 e. The van der Waals surface area contributed by atoms with Crippen molar-refractivity contribution < 1.29 is 22.6 Å². The van der Waals surface area contributed by atoms with Crippen molar-refractivity contribution in [3.8, 4) is 0 Å². The van der Waals surface area contributed by atoms with Crippen molar-refractivity contribution in [1.29, 1.82) is 0 Å². The lowest BCUT2D eigenvalue weighted by molar-refractivity contribution is -0.240. The second-order valence-electron chi connectivity index (χ2n) is 1.70. The molecule has 0 saturated heterocycles. The van der Waals surface area contributed by atoms with Crippen molar-refractivity contribution in [2.24, 2.45) is 0 Å². The average molecular weight is 158 g/mol. The van der Waals surface area contributed by atoms with Gasteiger partial charge in [0.15, 0.2) is 6.67 Å². The van der Waals surface area contributed by atoms with Gasteiger partial charge in [-0.05, 0) is 0 Å². The van der Waals surface area contributed by atoms with E-state index in [9.17, 15) is 13.2 Å². The number of hydrogen-bond donors (Lipinski definition) is 0. The van der Waals surface area contributed by atoms with Crippen LogP contribution in [0.2, 0.25) is 0 Å². The Bertz CT molecular complexity index is 92.9. The van der Waals surface area contributed by atoms with Crippen LogP contribution in [0.5, 0.6) is 0 Å². The molecule has 0 aliphatic heterocycles. The van der Waals surface area contributed by atoms with E-state index in [1.165, 1.54) is 0 Å². The van der Waals surface area contributed by atoms with Gasteiger partial charge < -0.3 is 9.47 Å². The summed E-state index contributed by atoms with van der Waals surface area (Å²) in [6.07, 6.45) is -1.79. The SMILES string of the molecule is COC(OC)C(F)(F)CF.